The first-order valence-corrected chi connectivity index (χ1v) is 8.84. The van der Waals surface area contributed by atoms with Crippen LogP contribution in [0.4, 0.5) is 0 Å². The third-order valence-electron chi connectivity index (χ3n) is 3.63. The Kier molecular flexibility index (Phi) is 5.50. The van der Waals surface area contributed by atoms with E-state index in [0.29, 0.717) is 22.6 Å². The number of halogens is 1. The van der Waals surface area contributed by atoms with Crippen molar-refractivity contribution in [3.05, 3.63) is 53.1 Å². The third-order valence-corrected chi connectivity index (χ3v) is 4.94. The van der Waals surface area contributed by atoms with Crippen LogP contribution in [-0.2, 0) is 0 Å². The van der Waals surface area contributed by atoms with E-state index in [1.165, 1.54) is 11.8 Å². The Morgan fingerprint density at radius 2 is 1.72 bits per heavy atom. The average molecular weight is 377 g/mol. The number of methoxy groups -OCH3 is 2. The van der Waals surface area contributed by atoms with Gasteiger partial charge < -0.3 is 13.9 Å². The van der Waals surface area contributed by atoms with Crippen molar-refractivity contribution in [2.75, 3.05) is 14.2 Å². The molecule has 0 N–H and O–H groups in total. The molecule has 0 radical (unpaired) electrons. The fraction of sp³-hybridized carbons (Fsp3) is 0.222. The summed E-state index contributed by atoms with van der Waals surface area (Å²) >= 11 is 7.70. The molecule has 2 aromatic carbocycles. The molecule has 5 nitrogen and oxygen atoms in total. The van der Waals surface area contributed by atoms with Crippen molar-refractivity contribution >= 4 is 23.4 Å². The van der Waals surface area contributed by atoms with Gasteiger partial charge in [-0.1, -0.05) is 41.6 Å². The maximum Gasteiger partial charge on any atom is 0.277 e. The molecule has 3 aromatic rings. The van der Waals surface area contributed by atoms with Gasteiger partial charge in [0.25, 0.3) is 5.22 Å². The Morgan fingerprint density at radius 1 is 1.04 bits per heavy atom. The SMILES string of the molecule is COc1cc(OC)cc(-c2nnc(S[C@H](C)c3ccccc3Cl)o2)c1. The van der Waals surface area contributed by atoms with E-state index in [0.717, 1.165) is 16.1 Å². The Hall–Kier alpha value is -2.18. The van der Waals surface area contributed by atoms with Crippen molar-refractivity contribution in [1.82, 2.24) is 10.2 Å². The lowest BCUT2D eigenvalue weighted by molar-refractivity contribution is 0.394. The molecule has 7 heteroatoms. The highest BCUT2D eigenvalue weighted by molar-refractivity contribution is 7.99. The number of hydrogen-bond donors (Lipinski definition) is 0. The fourth-order valence-electron chi connectivity index (χ4n) is 2.32. The van der Waals surface area contributed by atoms with Gasteiger partial charge in [-0.2, -0.15) is 0 Å². The number of rotatable bonds is 6. The molecule has 0 amide bonds. The third kappa shape index (κ3) is 4.08. The van der Waals surface area contributed by atoms with Gasteiger partial charge in [0.15, 0.2) is 0 Å². The summed E-state index contributed by atoms with van der Waals surface area (Å²) in [6.45, 7) is 2.05. The van der Waals surface area contributed by atoms with Crippen LogP contribution in [0.5, 0.6) is 11.5 Å². The quantitative estimate of drug-likeness (QED) is 0.547. The highest BCUT2D eigenvalue weighted by atomic mass is 35.5. The van der Waals surface area contributed by atoms with Crippen LogP contribution >= 0.6 is 23.4 Å². The van der Waals surface area contributed by atoms with Gasteiger partial charge in [0.1, 0.15) is 11.5 Å². The Balaban J connectivity index is 1.82. The van der Waals surface area contributed by atoms with Crippen molar-refractivity contribution < 1.29 is 13.9 Å². The van der Waals surface area contributed by atoms with Crippen LogP contribution in [-0.4, -0.2) is 24.4 Å². The van der Waals surface area contributed by atoms with E-state index in [1.807, 2.05) is 43.3 Å². The van der Waals surface area contributed by atoms with Gasteiger partial charge in [-0.3, -0.25) is 0 Å². The molecule has 1 atom stereocenters. The van der Waals surface area contributed by atoms with Gasteiger partial charge in [0.05, 0.1) is 14.2 Å². The van der Waals surface area contributed by atoms with Gasteiger partial charge in [-0.05, 0) is 30.7 Å². The molecule has 0 fully saturated rings. The van der Waals surface area contributed by atoms with Gasteiger partial charge in [-0.25, -0.2) is 0 Å². The summed E-state index contributed by atoms with van der Waals surface area (Å²) in [4.78, 5) is 0. The Labute approximate surface area is 155 Å². The highest BCUT2D eigenvalue weighted by Gasteiger charge is 2.17. The molecule has 0 spiro atoms. The summed E-state index contributed by atoms with van der Waals surface area (Å²) in [7, 11) is 3.19. The largest absolute Gasteiger partial charge is 0.497 e. The molecule has 1 aromatic heterocycles. The Bertz CT molecular complexity index is 847. The standard InChI is InChI=1S/C18H17ClN2O3S/c1-11(15-6-4-5-7-16(15)19)25-18-21-20-17(24-18)12-8-13(22-2)10-14(9-12)23-3/h4-11H,1-3H3/t11-/m1/s1. The summed E-state index contributed by atoms with van der Waals surface area (Å²) < 4.78 is 16.3. The monoisotopic (exact) mass is 376 g/mol. The highest BCUT2D eigenvalue weighted by Crippen LogP contribution is 2.38. The molecule has 0 saturated carbocycles. The van der Waals surface area contributed by atoms with Crippen molar-refractivity contribution in [1.29, 1.82) is 0 Å². The number of nitrogens with zero attached hydrogens (tertiary/aromatic N) is 2. The van der Waals surface area contributed by atoms with Crippen LogP contribution < -0.4 is 9.47 Å². The van der Waals surface area contributed by atoms with E-state index in [-0.39, 0.29) is 5.25 Å². The lowest BCUT2D eigenvalue weighted by Gasteiger charge is -2.10. The van der Waals surface area contributed by atoms with Gasteiger partial charge in [0, 0.05) is 21.9 Å². The topological polar surface area (TPSA) is 57.4 Å². The molecular formula is C18H17ClN2O3S. The molecule has 0 bridgehead atoms. The van der Waals surface area contributed by atoms with Gasteiger partial charge >= 0.3 is 0 Å². The number of hydrogen-bond acceptors (Lipinski definition) is 6. The molecule has 0 saturated heterocycles. The number of thioether (sulfide) groups is 1. The summed E-state index contributed by atoms with van der Waals surface area (Å²) in [5.41, 5.74) is 1.76. The second-order valence-corrected chi connectivity index (χ2v) is 6.96. The van der Waals surface area contributed by atoms with E-state index >= 15 is 0 Å². The summed E-state index contributed by atoms with van der Waals surface area (Å²) in [6, 6.07) is 13.2. The minimum absolute atomic E-state index is 0.0850. The summed E-state index contributed by atoms with van der Waals surface area (Å²) in [5, 5.41) is 9.53. The molecule has 0 aliphatic heterocycles. The van der Waals surface area contributed by atoms with E-state index in [1.54, 1.807) is 20.3 Å². The molecular weight excluding hydrogens is 360 g/mol. The van der Waals surface area contributed by atoms with E-state index in [4.69, 9.17) is 25.5 Å². The summed E-state index contributed by atoms with van der Waals surface area (Å²) in [5.74, 6) is 1.73. The van der Waals surface area contributed by atoms with Crippen LogP contribution in [0.15, 0.2) is 52.1 Å². The minimum atomic E-state index is 0.0850. The second-order valence-electron chi connectivity index (χ2n) is 5.26. The minimum Gasteiger partial charge on any atom is -0.497 e. The maximum absolute atomic E-state index is 6.25. The maximum atomic E-state index is 6.25. The lowest BCUT2D eigenvalue weighted by atomic mass is 10.2. The number of aromatic nitrogens is 2. The molecule has 25 heavy (non-hydrogen) atoms. The van der Waals surface area contributed by atoms with Gasteiger partial charge in [-0.15, -0.1) is 10.2 Å². The van der Waals surface area contributed by atoms with E-state index < -0.39 is 0 Å². The van der Waals surface area contributed by atoms with Crippen molar-refractivity contribution in [3.8, 4) is 23.0 Å². The van der Waals surface area contributed by atoms with Crippen LogP contribution in [0.1, 0.15) is 17.7 Å². The second kappa shape index (κ2) is 7.80. The first-order valence-electron chi connectivity index (χ1n) is 7.58. The van der Waals surface area contributed by atoms with Crippen LogP contribution in [0.2, 0.25) is 5.02 Å². The molecule has 0 unspecified atom stereocenters. The van der Waals surface area contributed by atoms with E-state index in [9.17, 15) is 0 Å². The predicted molar refractivity (Wildman–Crippen MR) is 98.6 cm³/mol. The van der Waals surface area contributed by atoms with Crippen LogP contribution in [0.3, 0.4) is 0 Å². The van der Waals surface area contributed by atoms with Crippen LogP contribution in [0, 0.1) is 0 Å². The predicted octanol–water partition coefficient (Wildman–Crippen LogP) is 5.26. The normalized spacial score (nSPS) is 12.0. The first-order chi connectivity index (χ1) is 12.1. The van der Waals surface area contributed by atoms with Crippen LogP contribution in [0.25, 0.3) is 11.5 Å². The Morgan fingerprint density at radius 3 is 2.36 bits per heavy atom. The molecule has 0 aliphatic carbocycles. The number of ether oxygens (including phenoxy) is 2. The van der Waals surface area contributed by atoms with Crippen molar-refractivity contribution in [2.24, 2.45) is 0 Å². The first kappa shape index (κ1) is 17.6. The van der Waals surface area contributed by atoms with Crippen molar-refractivity contribution in [3.63, 3.8) is 0 Å². The zero-order valence-corrected chi connectivity index (χ0v) is 15.6. The zero-order chi connectivity index (χ0) is 17.8. The zero-order valence-electron chi connectivity index (χ0n) is 14.0. The molecule has 1 heterocycles. The van der Waals surface area contributed by atoms with Crippen molar-refractivity contribution in [2.45, 2.75) is 17.4 Å². The number of benzene rings is 2. The molecule has 3 rings (SSSR count). The average Bonchev–Trinajstić information content (AvgIpc) is 3.10. The smallest absolute Gasteiger partial charge is 0.277 e. The fourth-order valence-corrected chi connectivity index (χ4v) is 3.54. The van der Waals surface area contributed by atoms with Gasteiger partial charge in [0.2, 0.25) is 5.89 Å². The lowest BCUT2D eigenvalue weighted by Crippen LogP contribution is -1.89. The summed E-state index contributed by atoms with van der Waals surface area (Å²) in [6.07, 6.45) is 0. The molecule has 0 aliphatic rings. The van der Waals surface area contributed by atoms with E-state index in [2.05, 4.69) is 10.2 Å². The molecule has 130 valence electrons.